The molecule has 0 aliphatic heterocycles. The van der Waals surface area contributed by atoms with Crippen molar-refractivity contribution in [3.05, 3.63) is 18.2 Å². The van der Waals surface area contributed by atoms with Crippen LogP contribution in [-0.4, -0.2) is 45.4 Å². The van der Waals surface area contributed by atoms with Gasteiger partial charge >= 0.3 is 5.97 Å². The molecule has 0 aromatic carbocycles. The predicted octanol–water partition coefficient (Wildman–Crippen LogP) is -0.952. The number of hydrogen-bond donors (Lipinski definition) is 4. The Balaban J connectivity index is 2.42. The van der Waals surface area contributed by atoms with Gasteiger partial charge < -0.3 is 20.7 Å². The number of aromatic nitrogens is 2. The number of amides is 2. The van der Waals surface area contributed by atoms with Crippen LogP contribution >= 0.6 is 0 Å². The van der Waals surface area contributed by atoms with Gasteiger partial charge in [-0.1, -0.05) is 0 Å². The summed E-state index contributed by atoms with van der Waals surface area (Å²) in [5, 5.41) is 13.9. The van der Waals surface area contributed by atoms with E-state index < -0.39 is 17.9 Å². The number of carbonyl (C=O) groups excluding carboxylic acids is 2. The lowest BCUT2D eigenvalue weighted by Crippen LogP contribution is -2.43. The number of imidazole rings is 1. The predicted molar refractivity (Wildman–Crippen MR) is 65.2 cm³/mol. The van der Waals surface area contributed by atoms with E-state index in [2.05, 4.69) is 20.6 Å². The summed E-state index contributed by atoms with van der Waals surface area (Å²) in [6, 6.07) is -1.03. The first-order valence-electron chi connectivity index (χ1n) is 5.73. The molecule has 104 valence electrons. The Kier molecular flexibility index (Phi) is 5.52. The average molecular weight is 268 g/mol. The van der Waals surface area contributed by atoms with Crippen LogP contribution in [0.3, 0.4) is 0 Å². The van der Waals surface area contributed by atoms with Gasteiger partial charge in [-0.15, -0.1) is 0 Å². The van der Waals surface area contributed by atoms with E-state index in [-0.39, 0.29) is 25.3 Å². The summed E-state index contributed by atoms with van der Waals surface area (Å²) >= 11 is 0. The summed E-state index contributed by atoms with van der Waals surface area (Å²) in [5.74, 6) is -1.80. The fourth-order valence-electron chi connectivity index (χ4n) is 1.43. The number of hydrogen-bond acceptors (Lipinski definition) is 4. The molecule has 2 amide bonds. The van der Waals surface area contributed by atoms with Crippen molar-refractivity contribution in [2.45, 2.75) is 25.8 Å². The van der Waals surface area contributed by atoms with Crippen molar-refractivity contribution in [2.75, 3.05) is 6.54 Å². The molecule has 0 fully saturated rings. The molecular formula is C11H16N4O4. The molecule has 0 bridgehead atoms. The Morgan fingerprint density at radius 2 is 2.21 bits per heavy atom. The maximum Gasteiger partial charge on any atom is 0.326 e. The van der Waals surface area contributed by atoms with Gasteiger partial charge in [0.25, 0.3) is 0 Å². The number of aromatic amines is 1. The van der Waals surface area contributed by atoms with Crippen LogP contribution in [0.2, 0.25) is 0 Å². The molecule has 1 aromatic heterocycles. The van der Waals surface area contributed by atoms with E-state index in [9.17, 15) is 14.4 Å². The maximum absolute atomic E-state index is 11.5. The number of nitrogens with one attached hydrogen (secondary N) is 3. The minimum Gasteiger partial charge on any atom is -0.480 e. The normalized spacial score (nSPS) is 11.6. The molecule has 1 unspecified atom stereocenters. The lowest BCUT2D eigenvalue weighted by Gasteiger charge is -2.13. The van der Waals surface area contributed by atoms with E-state index in [0.717, 1.165) is 0 Å². The van der Waals surface area contributed by atoms with Gasteiger partial charge in [0.2, 0.25) is 11.8 Å². The summed E-state index contributed by atoms with van der Waals surface area (Å²) in [6.45, 7) is 1.52. The van der Waals surface area contributed by atoms with Crippen molar-refractivity contribution in [3.63, 3.8) is 0 Å². The number of rotatable bonds is 7. The van der Waals surface area contributed by atoms with Crippen molar-refractivity contribution in [2.24, 2.45) is 0 Å². The van der Waals surface area contributed by atoms with Gasteiger partial charge in [-0.3, -0.25) is 9.59 Å². The standard InChI is InChI=1S/C11H16N4O4/c1-7(16)13-3-2-10(17)15-9(11(18)19)4-8-5-12-6-14-8/h5-6,9H,2-4H2,1H3,(H,12,14)(H,13,16)(H,15,17)(H,18,19). The van der Waals surface area contributed by atoms with Crippen molar-refractivity contribution in [1.82, 2.24) is 20.6 Å². The van der Waals surface area contributed by atoms with Crippen molar-refractivity contribution >= 4 is 17.8 Å². The molecule has 1 rings (SSSR count). The molecule has 1 aromatic rings. The molecule has 19 heavy (non-hydrogen) atoms. The average Bonchev–Trinajstić information content (AvgIpc) is 2.80. The van der Waals surface area contributed by atoms with Gasteiger partial charge in [-0.05, 0) is 0 Å². The summed E-state index contributed by atoms with van der Waals surface area (Å²) in [5.41, 5.74) is 0.551. The molecule has 4 N–H and O–H groups in total. The fourth-order valence-corrected chi connectivity index (χ4v) is 1.43. The van der Waals surface area contributed by atoms with Crippen molar-refractivity contribution < 1.29 is 19.5 Å². The first-order valence-corrected chi connectivity index (χ1v) is 5.73. The van der Waals surface area contributed by atoms with E-state index in [4.69, 9.17) is 5.11 Å². The van der Waals surface area contributed by atoms with Crippen LogP contribution in [0.25, 0.3) is 0 Å². The van der Waals surface area contributed by atoms with Gasteiger partial charge in [-0.25, -0.2) is 9.78 Å². The quantitative estimate of drug-likeness (QED) is 0.507. The Morgan fingerprint density at radius 3 is 2.74 bits per heavy atom. The van der Waals surface area contributed by atoms with Crippen LogP contribution in [0, 0.1) is 0 Å². The lowest BCUT2D eigenvalue weighted by molar-refractivity contribution is -0.141. The van der Waals surface area contributed by atoms with Crippen LogP contribution in [0.15, 0.2) is 12.5 Å². The Morgan fingerprint density at radius 1 is 1.47 bits per heavy atom. The largest absolute Gasteiger partial charge is 0.480 e. The second kappa shape index (κ2) is 7.14. The molecule has 0 saturated carbocycles. The molecule has 8 nitrogen and oxygen atoms in total. The third-order valence-electron chi connectivity index (χ3n) is 2.33. The zero-order valence-electron chi connectivity index (χ0n) is 10.5. The number of carboxylic acids is 1. The maximum atomic E-state index is 11.5. The number of aliphatic carboxylic acids is 1. The Labute approximate surface area is 109 Å². The summed E-state index contributed by atoms with van der Waals surface area (Å²) in [6.07, 6.45) is 3.14. The molecule has 1 atom stereocenters. The SMILES string of the molecule is CC(=O)NCCC(=O)NC(Cc1c[nH]cn1)C(=O)O. The lowest BCUT2D eigenvalue weighted by atomic mass is 10.1. The number of H-pyrrole nitrogens is 1. The van der Waals surface area contributed by atoms with Crippen LogP contribution in [0.4, 0.5) is 0 Å². The molecule has 0 aliphatic rings. The first-order chi connectivity index (χ1) is 8.99. The van der Waals surface area contributed by atoms with Crippen LogP contribution in [-0.2, 0) is 20.8 Å². The Hall–Kier alpha value is -2.38. The van der Waals surface area contributed by atoms with Gasteiger partial charge in [-0.2, -0.15) is 0 Å². The third-order valence-corrected chi connectivity index (χ3v) is 2.33. The zero-order chi connectivity index (χ0) is 14.3. The fraction of sp³-hybridized carbons (Fsp3) is 0.455. The number of carboxylic acid groups (broad SMARTS) is 1. The number of carbonyl (C=O) groups is 3. The van der Waals surface area contributed by atoms with Crippen molar-refractivity contribution in [1.29, 1.82) is 0 Å². The minimum atomic E-state index is -1.13. The van der Waals surface area contributed by atoms with E-state index >= 15 is 0 Å². The van der Waals surface area contributed by atoms with Crippen molar-refractivity contribution in [3.8, 4) is 0 Å². The highest BCUT2D eigenvalue weighted by Crippen LogP contribution is 1.99. The molecule has 0 radical (unpaired) electrons. The Bertz CT molecular complexity index is 444. The van der Waals surface area contributed by atoms with Gasteiger partial charge in [0, 0.05) is 32.5 Å². The minimum absolute atomic E-state index is 0.0317. The molecule has 0 saturated heterocycles. The highest BCUT2D eigenvalue weighted by Gasteiger charge is 2.20. The highest BCUT2D eigenvalue weighted by atomic mass is 16.4. The van der Waals surface area contributed by atoms with E-state index in [1.807, 2.05) is 0 Å². The van der Waals surface area contributed by atoms with Crippen LogP contribution in [0.5, 0.6) is 0 Å². The molecule has 0 aliphatic carbocycles. The molecule has 1 heterocycles. The molecule has 0 spiro atoms. The second-order valence-corrected chi connectivity index (χ2v) is 3.96. The monoisotopic (exact) mass is 268 g/mol. The van der Waals surface area contributed by atoms with Crippen LogP contribution < -0.4 is 10.6 Å². The van der Waals surface area contributed by atoms with E-state index in [1.165, 1.54) is 13.3 Å². The summed E-state index contributed by atoms with van der Waals surface area (Å²) in [4.78, 5) is 39.8. The topological polar surface area (TPSA) is 124 Å². The highest BCUT2D eigenvalue weighted by molar-refractivity contribution is 5.84. The van der Waals surface area contributed by atoms with Gasteiger partial charge in [0.05, 0.1) is 12.0 Å². The zero-order valence-corrected chi connectivity index (χ0v) is 10.5. The van der Waals surface area contributed by atoms with Gasteiger partial charge in [0.15, 0.2) is 0 Å². The number of nitrogens with zero attached hydrogens (tertiary/aromatic N) is 1. The second-order valence-electron chi connectivity index (χ2n) is 3.96. The summed E-state index contributed by atoms with van der Waals surface area (Å²) < 4.78 is 0. The summed E-state index contributed by atoms with van der Waals surface area (Å²) in [7, 11) is 0. The van der Waals surface area contributed by atoms with Crippen LogP contribution in [0.1, 0.15) is 19.0 Å². The third kappa shape index (κ3) is 5.66. The first kappa shape index (κ1) is 14.7. The van der Waals surface area contributed by atoms with Gasteiger partial charge in [0.1, 0.15) is 6.04 Å². The van der Waals surface area contributed by atoms with E-state index in [1.54, 1.807) is 6.20 Å². The molecule has 8 heteroatoms. The van der Waals surface area contributed by atoms with E-state index in [0.29, 0.717) is 5.69 Å². The smallest absolute Gasteiger partial charge is 0.326 e. The molecular weight excluding hydrogens is 252 g/mol.